The van der Waals surface area contributed by atoms with Crippen LogP contribution in [0, 0.1) is 5.92 Å². The number of carbonyl (C=O) groups is 2. The lowest BCUT2D eigenvalue weighted by Gasteiger charge is -2.19. The second-order valence-electron chi connectivity index (χ2n) is 5.60. The van der Waals surface area contributed by atoms with Gasteiger partial charge in [0.25, 0.3) is 5.91 Å². The van der Waals surface area contributed by atoms with E-state index in [4.69, 9.17) is 5.73 Å². The van der Waals surface area contributed by atoms with Gasteiger partial charge in [-0.25, -0.2) is 0 Å². The predicted molar refractivity (Wildman–Crippen MR) is 76.4 cm³/mol. The zero-order valence-electron chi connectivity index (χ0n) is 11.3. The molecule has 5 heteroatoms. The summed E-state index contributed by atoms with van der Waals surface area (Å²) in [5.41, 5.74) is 8.05. The van der Waals surface area contributed by atoms with Crippen LogP contribution < -0.4 is 16.4 Å². The lowest BCUT2D eigenvalue weighted by Crippen LogP contribution is -2.39. The summed E-state index contributed by atoms with van der Waals surface area (Å²) in [7, 11) is 0. The number of fused-ring (bicyclic) bond motifs is 1. The third-order valence-electron chi connectivity index (χ3n) is 4.27. The molecule has 0 spiro atoms. The van der Waals surface area contributed by atoms with Crippen molar-refractivity contribution in [3.63, 3.8) is 0 Å². The molecule has 5 nitrogen and oxygen atoms in total. The number of benzene rings is 1. The third kappa shape index (κ3) is 2.41. The first-order chi connectivity index (χ1) is 9.67. The molecule has 1 aliphatic heterocycles. The van der Waals surface area contributed by atoms with Gasteiger partial charge in [0, 0.05) is 17.3 Å². The Morgan fingerprint density at radius 1 is 1.40 bits per heavy atom. The first kappa shape index (κ1) is 13.1. The van der Waals surface area contributed by atoms with Gasteiger partial charge in [0.1, 0.15) is 0 Å². The normalized spacial score (nSPS) is 24.4. The first-order valence-electron chi connectivity index (χ1n) is 7.11. The maximum atomic E-state index is 12.3. The van der Waals surface area contributed by atoms with Gasteiger partial charge in [-0.2, -0.15) is 0 Å². The monoisotopic (exact) mass is 273 g/mol. The van der Waals surface area contributed by atoms with Crippen LogP contribution in [-0.2, 0) is 11.2 Å². The van der Waals surface area contributed by atoms with E-state index in [1.54, 1.807) is 18.2 Å². The van der Waals surface area contributed by atoms with Crippen LogP contribution in [-0.4, -0.2) is 24.4 Å². The zero-order valence-corrected chi connectivity index (χ0v) is 11.3. The van der Waals surface area contributed by atoms with E-state index in [9.17, 15) is 9.59 Å². The zero-order chi connectivity index (χ0) is 14.1. The summed E-state index contributed by atoms with van der Waals surface area (Å²) in [5.74, 6) is 0.297. The van der Waals surface area contributed by atoms with Crippen molar-refractivity contribution in [2.45, 2.75) is 31.7 Å². The van der Waals surface area contributed by atoms with Crippen LogP contribution in [0.15, 0.2) is 18.2 Å². The summed E-state index contributed by atoms with van der Waals surface area (Å²) >= 11 is 0. The van der Waals surface area contributed by atoms with Gasteiger partial charge in [-0.15, -0.1) is 0 Å². The number of amides is 2. The molecule has 2 amide bonds. The van der Waals surface area contributed by atoms with Crippen molar-refractivity contribution in [2.75, 3.05) is 11.9 Å². The minimum atomic E-state index is -0.0718. The highest BCUT2D eigenvalue weighted by Gasteiger charge is 2.28. The topological polar surface area (TPSA) is 84.2 Å². The van der Waals surface area contributed by atoms with Gasteiger partial charge in [-0.3, -0.25) is 9.59 Å². The van der Waals surface area contributed by atoms with Crippen LogP contribution in [0.1, 0.15) is 35.2 Å². The average molecular weight is 273 g/mol. The summed E-state index contributed by atoms with van der Waals surface area (Å²) in [6.07, 6.45) is 3.56. The summed E-state index contributed by atoms with van der Waals surface area (Å²) in [4.78, 5) is 23.6. The standard InChI is InChI=1S/C15H19N3O2/c16-8-10-2-1-3-12(10)18-15(20)9-4-5-13-11(6-9)7-14(19)17-13/h4-6,10,12H,1-3,7-8,16H2,(H,17,19)(H,18,20). The highest BCUT2D eigenvalue weighted by Crippen LogP contribution is 2.26. The average Bonchev–Trinajstić information content (AvgIpc) is 3.02. The minimum Gasteiger partial charge on any atom is -0.349 e. The number of nitrogens with one attached hydrogen (secondary N) is 2. The van der Waals surface area contributed by atoms with Crippen LogP contribution in [0.3, 0.4) is 0 Å². The second-order valence-corrected chi connectivity index (χ2v) is 5.60. The minimum absolute atomic E-state index is 0.0171. The van der Waals surface area contributed by atoms with Crippen molar-refractivity contribution in [3.05, 3.63) is 29.3 Å². The van der Waals surface area contributed by atoms with Gasteiger partial charge < -0.3 is 16.4 Å². The lowest BCUT2D eigenvalue weighted by atomic mass is 10.0. The molecule has 0 saturated heterocycles. The van der Waals surface area contributed by atoms with E-state index in [0.29, 0.717) is 24.4 Å². The molecule has 4 N–H and O–H groups in total. The van der Waals surface area contributed by atoms with Gasteiger partial charge in [0.15, 0.2) is 0 Å². The number of rotatable bonds is 3. The molecular weight excluding hydrogens is 254 g/mol. The molecule has 1 aromatic carbocycles. The molecule has 1 fully saturated rings. The summed E-state index contributed by atoms with van der Waals surface area (Å²) in [5, 5.41) is 5.84. The van der Waals surface area contributed by atoms with E-state index in [-0.39, 0.29) is 17.9 Å². The maximum absolute atomic E-state index is 12.3. The fourth-order valence-corrected chi connectivity index (χ4v) is 3.13. The molecular formula is C15H19N3O2. The Labute approximate surface area is 117 Å². The quantitative estimate of drug-likeness (QED) is 0.769. The van der Waals surface area contributed by atoms with Crippen LogP contribution in [0.5, 0.6) is 0 Å². The number of hydrogen-bond donors (Lipinski definition) is 3. The van der Waals surface area contributed by atoms with E-state index >= 15 is 0 Å². The van der Waals surface area contributed by atoms with Crippen LogP contribution in [0.4, 0.5) is 5.69 Å². The molecule has 20 heavy (non-hydrogen) atoms. The first-order valence-corrected chi connectivity index (χ1v) is 7.11. The Hall–Kier alpha value is -1.88. The molecule has 1 saturated carbocycles. The molecule has 1 aromatic rings. The van der Waals surface area contributed by atoms with Crippen molar-refractivity contribution in [1.29, 1.82) is 0 Å². The van der Waals surface area contributed by atoms with Crippen molar-refractivity contribution in [2.24, 2.45) is 11.7 Å². The SMILES string of the molecule is NCC1CCCC1NC(=O)c1ccc2c(c1)CC(=O)N2. The molecule has 106 valence electrons. The highest BCUT2D eigenvalue weighted by molar-refractivity contribution is 6.01. The Kier molecular flexibility index (Phi) is 3.44. The van der Waals surface area contributed by atoms with E-state index in [1.165, 1.54) is 0 Å². The van der Waals surface area contributed by atoms with Gasteiger partial charge in [0.05, 0.1) is 6.42 Å². The fourth-order valence-electron chi connectivity index (χ4n) is 3.13. The van der Waals surface area contributed by atoms with Crippen LogP contribution >= 0.6 is 0 Å². The molecule has 0 bridgehead atoms. The predicted octanol–water partition coefficient (Wildman–Crippen LogP) is 1.04. The number of carbonyl (C=O) groups excluding carboxylic acids is 2. The summed E-state index contributed by atoms with van der Waals surface area (Å²) in [6, 6.07) is 5.53. The van der Waals surface area contributed by atoms with E-state index in [2.05, 4.69) is 10.6 Å². The number of anilines is 1. The van der Waals surface area contributed by atoms with Gasteiger partial charge in [-0.05, 0) is 49.1 Å². The Bertz CT molecular complexity index is 556. The van der Waals surface area contributed by atoms with Crippen molar-refractivity contribution in [3.8, 4) is 0 Å². The van der Waals surface area contributed by atoms with Gasteiger partial charge in [-0.1, -0.05) is 6.42 Å². The van der Waals surface area contributed by atoms with Crippen molar-refractivity contribution >= 4 is 17.5 Å². The summed E-state index contributed by atoms with van der Waals surface area (Å²) in [6.45, 7) is 0.619. The molecule has 2 aliphatic rings. The number of nitrogens with two attached hydrogens (primary N) is 1. The highest BCUT2D eigenvalue weighted by atomic mass is 16.2. The molecule has 1 aliphatic carbocycles. The molecule has 0 aromatic heterocycles. The van der Waals surface area contributed by atoms with Crippen LogP contribution in [0.25, 0.3) is 0 Å². The second kappa shape index (κ2) is 5.25. The molecule has 2 unspecified atom stereocenters. The van der Waals surface area contributed by atoms with Crippen LogP contribution in [0.2, 0.25) is 0 Å². The smallest absolute Gasteiger partial charge is 0.251 e. The fraction of sp³-hybridized carbons (Fsp3) is 0.467. The Morgan fingerprint density at radius 2 is 2.25 bits per heavy atom. The van der Waals surface area contributed by atoms with Crippen molar-refractivity contribution in [1.82, 2.24) is 5.32 Å². The maximum Gasteiger partial charge on any atom is 0.251 e. The van der Waals surface area contributed by atoms with Gasteiger partial charge >= 0.3 is 0 Å². The molecule has 0 radical (unpaired) electrons. The largest absolute Gasteiger partial charge is 0.349 e. The molecule has 2 atom stereocenters. The van der Waals surface area contributed by atoms with Gasteiger partial charge in [0.2, 0.25) is 5.91 Å². The lowest BCUT2D eigenvalue weighted by molar-refractivity contribution is -0.115. The van der Waals surface area contributed by atoms with E-state index in [0.717, 1.165) is 30.5 Å². The number of hydrogen-bond acceptors (Lipinski definition) is 3. The van der Waals surface area contributed by atoms with Crippen molar-refractivity contribution < 1.29 is 9.59 Å². The third-order valence-corrected chi connectivity index (χ3v) is 4.27. The summed E-state index contributed by atoms with van der Waals surface area (Å²) < 4.78 is 0. The molecule has 1 heterocycles. The van der Waals surface area contributed by atoms with E-state index in [1.807, 2.05) is 0 Å². The van der Waals surface area contributed by atoms with E-state index < -0.39 is 0 Å². The Morgan fingerprint density at radius 3 is 3.05 bits per heavy atom. The molecule has 3 rings (SSSR count). The Balaban J connectivity index is 1.72.